The Morgan fingerprint density at radius 1 is 1.47 bits per heavy atom. The Morgan fingerprint density at radius 3 is 2.73 bits per heavy atom. The molecule has 0 fully saturated rings. The number of benzene rings is 1. The van der Waals surface area contributed by atoms with Crippen molar-refractivity contribution in [1.82, 2.24) is 5.32 Å². The van der Waals surface area contributed by atoms with Crippen molar-refractivity contribution in [2.24, 2.45) is 0 Å². The molecule has 1 rings (SSSR count). The van der Waals surface area contributed by atoms with Crippen LogP contribution >= 0.6 is 0 Å². The Kier molecular flexibility index (Phi) is 3.92. The molecule has 0 saturated carbocycles. The highest BCUT2D eigenvalue weighted by Gasteiger charge is 2.01. The molecule has 0 aromatic heterocycles. The summed E-state index contributed by atoms with van der Waals surface area (Å²) in [6.07, 6.45) is 3.46. The molecule has 0 amide bonds. The monoisotopic (exact) mass is 204 g/mol. The van der Waals surface area contributed by atoms with Crippen molar-refractivity contribution in [2.45, 2.75) is 6.92 Å². The summed E-state index contributed by atoms with van der Waals surface area (Å²) >= 11 is 0. The summed E-state index contributed by atoms with van der Waals surface area (Å²) in [5.41, 5.74) is 2.41. The molecule has 1 aromatic carbocycles. The molecule has 0 aliphatic carbocycles. The van der Waals surface area contributed by atoms with Crippen molar-refractivity contribution < 1.29 is 4.74 Å². The van der Waals surface area contributed by atoms with E-state index < -0.39 is 0 Å². The van der Waals surface area contributed by atoms with Gasteiger partial charge < -0.3 is 15.5 Å². The molecule has 0 atom stereocenters. The molecule has 0 saturated heterocycles. The summed E-state index contributed by atoms with van der Waals surface area (Å²) in [5, 5.41) is 10.6. The van der Waals surface area contributed by atoms with E-state index in [0.717, 1.165) is 16.9 Å². The lowest BCUT2D eigenvalue weighted by atomic mass is 10.1. The minimum absolute atomic E-state index is 0.482. The molecule has 0 bridgehead atoms. The van der Waals surface area contributed by atoms with Crippen molar-refractivity contribution >= 4 is 5.71 Å². The van der Waals surface area contributed by atoms with Crippen LogP contribution in [0.1, 0.15) is 11.1 Å². The lowest BCUT2D eigenvalue weighted by Crippen LogP contribution is -1.99. The Hall–Kier alpha value is -1.77. The van der Waals surface area contributed by atoms with Crippen LogP contribution in [0, 0.1) is 12.3 Å². The van der Waals surface area contributed by atoms with Crippen LogP contribution in [0.2, 0.25) is 0 Å². The van der Waals surface area contributed by atoms with Gasteiger partial charge in [0.05, 0.1) is 12.8 Å². The SMILES string of the molecule is CN/C=C\C(=N)c1ccc(OC)c(C)c1. The van der Waals surface area contributed by atoms with E-state index in [1.165, 1.54) is 0 Å². The Morgan fingerprint density at radius 2 is 2.20 bits per heavy atom. The van der Waals surface area contributed by atoms with Gasteiger partial charge in [-0.15, -0.1) is 0 Å². The molecule has 15 heavy (non-hydrogen) atoms. The number of hydrogen-bond donors (Lipinski definition) is 2. The molecule has 0 aliphatic heterocycles. The van der Waals surface area contributed by atoms with Gasteiger partial charge in [0, 0.05) is 7.05 Å². The normalized spacial score (nSPS) is 10.3. The third-order valence-corrected chi connectivity index (χ3v) is 2.12. The molecular formula is C12H16N2O. The van der Waals surface area contributed by atoms with E-state index in [1.807, 2.05) is 32.2 Å². The van der Waals surface area contributed by atoms with Crippen LogP contribution in [0.3, 0.4) is 0 Å². The Labute approximate surface area is 90.3 Å². The summed E-state index contributed by atoms with van der Waals surface area (Å²) in [5.74, 6) is 0.851. The van der Waals surface area contributed by atoms with Crippen LogP contribution in [-0.2, 0) is 0 Å². The largest absolute Gasteiger partial charge is 0.496 e. The minimum atomic E-state index is 0.482. The fraction of sp³-hybridized carbons (Fsp3) is 0.250. The number of nitrogens with one attached hydrogen (secondary N) is 2. The second kappa shape index (κ2) is 5.20. The van der Waals surface area contributed by atoms with Crippen molar-refractivity contribution in [2.75, 3.05) is 14.2 Å². The van der Waals surface area contributed by atoms with Gasteiger partial charge in [0.25, 0.3) is 0 Å². The van der Waals surface area contributed by atoms with Crippen LogP contribution in [0.5, 0.6) is 5.75 Å². The summed E-state index contributed by atoms with van der Waals surface area (Å²) in [6, 6.07) is 5.71. The zero-order valence-electron chi connectivity index (χ0n) is 9.29. The van der Waals surface area contributed by atoms with Gasteiger partial charge in [0.15, 0.2) is 0 Å². The lowest BCUT2D eigenvalue weighted by Gasteiger charge is -2.06. The van der Waals surface area contributed by atoms with Crippen molar-refractivity contribution in [3.05, 3.63) is 41.6 Å². The minimum Gasteiger partial charge on any atom is -0.496 e. The number of hydrogen-bond acceptors (Lipinski definition) is 3. The quantitative estimate of drug-likeness (QED) is 0.738. The van der Waals surface area contributed by atoms with Crippen LogP contribution < -0.4 is 10.1 Å². The zero-order valence-corrected chi connectivity index (χ0v) is 9.29. The van der Waals surface area contributed by atoms with Crippen LogP contribution in [-0.4, -0.2) is 19.9 Å². The lowest BCUT2D eigenvalue weighted by molar-refractivity contribution is 0.411. The highest BCUT2D eigenvalue weighted by atomic mass is 16.5. The fourth-order valence-corrected chi connectivity index (χ4v) is 1.31. The second-order valence-corrected chi connectivity index (χ2v) is 3.22. The van der Waals surface area contributed by atoms with Gasteiger partial charge in [0.1, 0.15) is 5.75 Å². The second-order valence-electron chi connectivity index (χ2n) is 3.22. The van der Waals surface area contributed by atoms with E-state index in [9.17, 15) is 0 Å². The maximum Gasteiger partial charge on any atom is 0.121 e. The van der Waals surface area contributed by atoms with Crippen LogP contribution in [0.4, 0.5) is 0 Å². The predicted octanol–water partition coefficient (Wildman–Crippen LogP) is 2.10. The Balaban J connectivity index is 2.92. The van der Waals surface area contributed by atoms with Gasteiger partial charge in [-0.05, 0) is 48.5 Å². The zero-order chi connectivity index (χ0) is 11.3. The third kappa shape index (κ3) is 2.84. The third-order valence-electron chi connectivity index (χ3n) is 2.12. The molecule has 0 unspecified atom stereocenters. The Bertz CT molecular complexity index is 383. The number of aryl methyl sites for hydroxylation is 1. The average Bonchev–Trinajstić information content (AvgIpc) is 2.25. The van der Waals surface area contributed by atoms with Crippen molar-refractivity contribution in [3.63, 3.8) is 0 Å². The van der Waals surface area contributed by atoms with E-state index in [-0.39, 0.29) is 0 Å². The van der Waals surface area contributed by atoms with Gasteiger partial charge in [-0.25, -0.2) is 0 Å². The number of methoxy groups -OCH3 is 1. The maximum atomic E-state index is 7.79. The summed E-state index contributed by atoms with van der Waals surface area (Å²) in [6.45, 7) is 1.97. The van der Waals surface area contributed by atoms with Crippen LogP contribution in [0.15, 0.2) is 30.5 Å². The molecule has 3 nitrogen and oxygen atoms in total. The summed E-state index contributed by atoms with van der Waals surface area (Å²) in [7, 11) is 3.46. The summed E-state index contributed by atoms with van der Waals surface area (Å²) < 4.78 is 5.16. The number of rotatable bonds is 4. The standard InChI is InChI=1S/C12H16N2O/c1-9-8-10(4-5-12(9)15-3)11(13)6-7-14-2/h4-8,13-14H,1-3H3/b7-6-,13-11?. The first-order valence-electron chi connectivity index (χ1n) is 4.76. The first kappa shape index (κ1) is 11.3. The topological polar surface area (TPSA) is 45.1 Å². The molecule has 0 aliphatic rings. The summed E-state index contributed by atoms with van der Waals surface area (Å²) in [4.78, 5) is 0. The highest BCUT2D eigenvalue weighted by Crippen LogP contribution is 2.18. The van der Waals surface area contributed by atoms with Gasteiger partial charge >= 0.3 is 0 Å². The van der Waals surface area contributed by atoms with Gasteiger partial charge in [-0.2, -0.15) is 0 Å². The maximum absolute atomic E-state index is 7.79. The number of allylic oxidation sites excluding steroid dienone is 1. The molecule has 3 heteroatoms. The molecule has 0 radical (unpaired) electrons. The first-order valence-corrected chi connectivity index (χ1v) is 4.76. The van der Waals surface area contributed by atoms with Crippen molar-refractivity contribution in [1.29, 1.82) is 5.41 Å². The number of ether oxygens (including phenoxy) is 1. The molecule has 0 heterocycles. The van der Waals surface area contributed by atoms with E-state index >= 15 is 0 Å². The molecule has 2 N–H and O–H groups in total. The van der Waals surface area contributed by atoms with Gasteiger partial charge in [-0.1, -0.05) is 0 Å². The fourth-order valence-electron chi connectivity index (χ4n) is 1.31. The molecule has 80 valence electrons. The van der Waals surface area contributed by atoms with E-state index in [2.05, 4.69) is 5.32 Å². The van der Waals surface area contributed by atoms with E-state index in [4.69, 9.17) is 10.1 Å². The highest BCUT2D eigenvalue weighted by molar-refractivity contribution is 6.06. The van der Waals surface area contributed by atoms with E-state index in [0.29, 0.717) is 5.71 Å². The van der Waals surface area contributed by atoms with Crippen molar-refractivity contribution in [3.8, 4) is 5.75 Å². The smallest absolute Gasteiger partial charge is 0.121 e. The van der Waals surface area contributed by atoms with Gasteiger partial charge in [-0.3, -0.25) is 0 Å². The van der Waals surface area contributed by atoms with Gasteiger partial charge in [0.2, 0.25) is 0 Å². The average molecular weight is 204 g/mol. The predicted molar refractivity (Wildman–Crippen MR) is 62.8 cm³/mol. The molecule has 1 aromatic rings. The van der Waals surface area contributed by atoms with Crippen LogP contribution in [0.25, 0.3) is 0 Å². The van der Waals surface area contributed by atoms with E-state index in [1.54, 1.807) is 19.4 Å². The molecule has 0 spiro atoms. The first-order chi connectivity index (χ1) is 7.19. The molecular weight excluding hydrogens is 188 g/mol.